The molecule has 2 N–H and O–H groups in total. The molecule has 1 atom stereocenters. The lowest BCUT2D eigenvalue weighted by atomic mass is 10.1. The van der Waals surface area contributed by atoms with Gasteiger partial charge in [-0.3, -0.25) is 0 Å². The summed E-state index contributed by atoms with van der Waals surface area (Å²) in [5, 5.41) is 18.8. The van der Waals surface area contributed by atoms with Gasteiger partial charge in [-0.25, -0.2) is 4.79 Å². The van der Waals surface area contributed by atoms with Crippen LogP contribution in [0, 0.1) is 0 Å². The van der Waals surface area contributed by atoms with Gasteiger partial charge in [-0.2, -0.15) is 0 Å². The van der Waals surface area contributed by atoms with E-state index in [0.29, 0.717) is 5.75 Å². The molecule has 2 bridgehead atoms. The molecule has 0 fully saturated rings. The van der Waals surface area contributed by atoms with Crippen LogP contribution in [0.15, 0.2) is 30.3 Å². The Hall–Kier alpha value is -2.89. The molecule has 2 aliphatic rings. The standard InChI is InChI=1S/C16H12O6/c17-10-2-1-3-11(13(10)16(18)19)20-7-9-5-4-8-6-12-21-14(8)15(9)22-12/h1-5,12,17H,6-7H2,(H,18,19). The highest BCUT2D eigenvalue weighted by atomic mass is 16.7. The van der Waals surface area contributed by atoms with E-state index in [1.54, 1.807) is 0 Å². The third-order valence-electron chi connectivity index (χ3n) is 3.76. The summed E-state index contributed by atoms with van der Waals surface area (Å²) in [6.07, 6.45) is 0.495. The first-order valence-electron chi connectivity index (χ1n) is 6.79. The average molecular weight is 300 g/mol. The highest BCUT2D eigenvalue weighted by molar-refractivity contribution is 5.93. The second kappa shape index (κ2) is 4.56. The monoisotopic (exact) mass is 300 g/mol. The first kappa shape index (κ1) is 12.8. The van der Waals surface area contributed by atoms with E-state index >= 15 is 0 Å². The lowest BCUT2D eigenvalue weighted by molar-refractivity contribution is 0.0641. The smallest absolute Gasteiger partial charge is 0.343 e. The van der Waals surface area contributed by atoms with Crippen LogP contribution in [0.25, 0.3) is 0 Å². The first-order valence-corrected chi connectivity index (χ1v) is 6.79. The number of carboxylic acid groups (broad SMARTS) is 1. The van der Waals surface area contributed by atoms with E-state index in [1.807, 2.05) is 12.1 Å². The van der Waals surface area contributed by atoms with Gasteiger partial charge in [0.2, 0.25) is 6.29 Å². The van der Waals surface area contributed by atoms with E-state index < -0.39 is 5.97 Å². The van der Waals surface area contributed by atoms with Gasteiger partial charge in [0.1, 0.15) is 23.7 Å². The van der Waals surface area contributed by atoms with E-state index in [4.69, 9.17) is 19.3 Å². The minimum atomic E-state index is -1.24. The Morgan fingerprint density at radius 2 is 2.05 bits per heavy atom. The zero-order valence-corrected chi connectivity index (χ0v) is 11.4. The summed E-state index contributed by atoms with van der Waals surface area (Å²) >= 11 is 0. The molecule has 112 valence electrons. The predicted octanol–water partition coefficient (Wildman–Crippen LogP) is 2.32. The number of aromatic carboxylic acids is 1. The Balaban J connectivity index is 1.61. The van der Waals surface area contributed by atoms with Crippen LogP contribution in [0.3, 0.4) is 0 Å². The van der Waals surface area contributed by atoms with Crippen LogP contribution < -0.4 is 14.2 Å². The number of ether oxygens (including phenoxy) is 3. The zero-order chi connectivity index (χ0) is 15.3. The average Bonchev–Trinajstić information content (AvgIpc) is 3.06. The summed E-state index contributed by atoms with van der Waals surface area (Å²) in [5.74, 6) is -0.0510. The lowest BCUT2D eigenvalue weighted by Crippen LogP contribution is -2.18. The molecular weight excluding hydrogens is 288 g/mol. The number of aromatic hydroxyl groups is 1. The summed E-state index contributed by atoms with van der Waals surface area (Å²) in [5.41, 5.74) is 1.64. The van der Waals surface area contributed by atoms with Crippen molar-refractivity contribution in [1.29, 1.82) is 0 Å². The number of hydrogen-bond donors (Lipinski definition) is 2. The molecule has 0 spiro atoms. The number of benzene rings is 2. The van der Waals surface area contributed by atoms with Crippen molar-refractivity contribution >= 4 is 5.97 Å². The van der Waals surface area contributed by atoms with Crippen molar-refractivity contribution in [3.8, 4) is 23.0 Å². The lowest BCUT2D eigenvalue weighted by Gasteiger charge is -2.15. The highest BCUT2D eigenvalue weighted by Gasteiger charge is 2.36. The van der Waals surface area contributed by atoms with Crippen LogP contribution in [-0.2, 0) is 13.0 Å². The molecule has 22 heavy (non-hydrogen) atoms. The Bertz CT molecular complexity index is 782. The fourth-order valence-corrected chi connectivity index (χ4v) is 2.74. The molecule has 0 amide bonds. The first-order chi connectivity index (χ1) is 10.6. The number of phenols is 1. The van der Waals surface area contributed by atoms with Gasteiger partial charge in [0.15, 0.2) is 11.5 Å². The van der Waals surface area contributed by atoms with E-state index in [9.17, 15) is 9.90 Å². The summed E-state index contributed by atoms with van der Waals surface area (Å²) in [7, 11) is 0. The predicted molar refractivity (Wildman–Crippen MR) is 74.6 cm³/mol. The van der Waals surface area contributed by atoms with E-state index in [0.717, 1.165) is 23.3 Å². The van der Waals surface area contributed by atoms with E-state index in [2.05, 4.69) is 0 Å². The van der Waals surface area contributed by atoms with Gasteiger partial charge in [-0.15, -0.1) is 0 Å². The molecule has 0 radical (unpaired) electrons. The molecule has 4 rings (SSSR count). The van der Waals surface area contributed by atoms with Gasteiger partial charge < -0.3 is 24.4 Å². The highest BCUT2D eigenvalue weighted by Crippen LogP contribution is 2.47. The molecule has 2 aliphatic heterocycles. The quantitative estimate of drug-likeness (QED) is 0.901. The minimum Gasteiger partial charge on any atom is -0.507 e. The van der Waals surface area contributed by atoms with Crippen molar-refractivity contribution in [1.82, 2.24) is 0 Å². The molecule has 0 aromatic heterocycles. The number of rotatable bonds is 4. The van der Waals surface area contributed by atoms with Crippen LogP contribution in [0.2, 0.25) is 0 Å². The molecule has 2 aromatic rings. The topological polar surface area (TPSA) is 85.2 Å². The Labute approximate surface area is 125 Å². The fourth-order valence-electron chi connectivity index (χ4n) is 2.74. The third-order valence-corrected chi connectivity index (χ3v) is 3.76. The number of fused-ring (bicyclic) bond motifs is 1. The van der Waals surface area contributed by atoms with Crippen molar-refractivity contribution < 1.29 is 29.2 Å². The molecule has 0 aliphatic carbocycles. The molecule has 2 heterocycles. The molecule has 1 unspecified atom stereocenters. The van der Waals surface area contributed by atoms with Crippen molar-refractivity contribution in [2.45, 2.75) is 19.3 Å². The molecular formula is C16H12O6. The minimum absolute atomic E-state index is 0.109. The number of carboxylic acids is 1. The van der Waals surface area contributed by atoms with Crippen LogP contribution in [0.5, 0.6) is 23.0 Å². The van der Waals surface area contributed by atoms with Gasteiger partial charge in [0.25, 0.3) is 0 Å². The second-order valence-corrected chi connectivity index (χ2v) is 5.16. The molecule has 2 aromatic carbocycles. The molecule has 0 saturated heterocycles. The molecule has 6 heteroatoms. The van der Waals surface area contributed by atoms with E-state index in [-0.39, 0.29) is 30.0 Å². The number of carbonyl (C=O) groups is 1. The Kier molecular flexibility index (Phi) is 2.66. The summed E-state index contributed by atoms with van der Waals surface area (Å²) in [6.45, 7) is 0.127. The van der Waals surface area contributed by atoms with E-state index in [1.165, 1.54) is 18.2 Å². The van der Waals surface area contributed by atoms with Gasteiger partial charge in [0, 0.05) is 11.1 Å². The normalized spacial score (nSPS) is 17.0. The van der Waals surface area contributed by atoms with Gasteiger partial charge in [-0.05, 0) is 12.1 Å². The van der Waals surface area contributed by atoms with Crippen molar-refractivity contribution in [3.05, 3.63) is 47.0 Å². The molecule has 0 saturated carbocycles. The largest absolute Gasteiger partial charge is 0.507 e. The van der Waals surface area contributed by atoms with Crippen LogP contribution in [0.4, 0.5) is 0 Å². The number of hydrogen-bond acceptors (Lipinski definition) is 5. The summed E-state index contributed by atoms with van der Waals surface area (Å²) in [6, 6.07) is 8.18. The summed E-state index contributed by atoms with van der Waals surface area (Å²) in [4.78, 5) is 11.2. The Morgan fingerprint density at radius 3 is 2.82 bits per heavy atom. The Morgan fingerprint density at radius 1 is 1.23 bits per heavy atom. The van der Waals surface area contributed by atoms with Crippen molar-refractivity contribution in [2.75, 3.05) is 0 Å². The SMILES string of the molecule is O=C(O)c1c(O)cccc1OCc1ccc2c3c1OC(C2)O3. The van der Waals surface area contributed by atoms with Gasteiger partial charge >= 0.3 is 5.97 Å². The van der Waals surface area contributed by atoms with Crippen LogP contribution >= 0.6 is 0 Å². The zero-order valence-electron chi connectivity index (χ0n) is 11.4. The third kappa shape index (κ3) is 1.84. The second-order valence-electron chi connectivity index (χ2n) is 5.16. The maximum absolute atomic E-state index is 11.2. The van der Waals surface area contributed by atoms with Gasteiger partial charge in [0.05, 0.1) is 6.42 Å². The maximum atomic E-state index is 11.2. The van der Waals surface area contributed by atoms with Crippen LogP contribution in [0.1, 0.15) is 21.5 Å². The van der Waals surface area contributed by atoms with Crippen LogP contribution in [-0.4, -0.2) is 22.5 Å². The van der Waals surface area contributed by atoms with Crippen molar-refractivity contribution in [2.24, 2.45) is 0 Å². The van der Waals surface area contributed by atoms with Gasteiger partial charge in [-0.1, -0.05) is 18.2 Å². The molecule has 6 nitrogen and oxygen atoms in total. The summed E-state index contributed by atoms with van der Waals surface area (Å²) < 4.78 is 16.8. The fraction of sp³-hybridized carbons (Fsp3) is 0.188. The van der Waals surface area contributed by atoms with Crippen molar-refractivity contribution in [3.63, 3.8) is 0 Å². The maximum Gasteiger partial charge on any atom is 0.343 e.